The first-order valence-corrected chi connectivity index (χ1v) is 4.82. The van der Waals surface area contributed by atoms with Crippen LogP contribution in [0.15, 0.2) is 12.1 Å². The van der Waals surface area contributed by atoms with Gasteiger partial charge in [-0.2, -0.15) is 8.78 Å². The van der Waals surface area contributed by atoms with E-state index in [0.717, 1.165) is 0 Å². The van der Waals surface area contributed by atoms with Crippen molar-refractivity contribution in [3.05, 3.63) is 27.7 Å². The van der Waals surface area contributed by atoms with Crippen molar-refractivity contribution in [2.75, 3.05) is 0 Å². The highest BCUT2D eigenvalue weighted by Crippen LogP contribution is 2.32. The third-order valence-electron chi connectivity index (χ3n) is 1.46. The van der Waals surface area contributed by atoms with Gasteiger partial charge in [0, 0.05) is 17.0 Å². The van der Waals surface area contributed by atoms with Crippen LogP contribution in [-0.2, 0) is 5.88 Å². The summed E-state index contributed by atoms with van der Waals surface area (Å²) in [4.78, 5) is 0. The summed E-state index contributed by atoms with van der Waals surface area (Å²) in [6.07, 6.45) is 0. The van der Waals surface area contributed by atoms with E-state index in [1.54, 1.807) is 0 Å². The normalized spacial score (nSPS) is 10.7. The Morgan fingerprint density at radius 2 is 1.86 bits per heavy atom. The lowest BCUT2D eigenvalue weighted by Gasteiger charge is -2.08. The first-order valence-electron chi connectivity index (χ1n) is 3.53. The van der Waals surface area contributed by atoms with Crippen molar-refractivity contribution in [3.8, 4) is 5.75 Å². The summed E-state index contributed by atoms with van der Waals surface area (Å²) in [5, 5.41) is 0.311. The summed E-state index contributed by atoms with van der Waals surface area (Å²) in [5.41, 5.74) is 0.569. The molecule has 6 heteroatoms. The molecule has 1 aromatic carbocycles. The maximum atomic E-state index is 11.9. The molecule has 0 radical (unpaired) electrons. The number of ether oxygens (including phenoxy) is 1. The first kappa shape index (κ1) is 11.8. The molecule has 0 N–H and O–H groups in total. The van der Waals surface area contributed by atoms with Gasteiger partial charge >= 0.3 is 6.61 Å². The summed E-state index contributed by atoms with van der Waals surface area (Å²) < 4.78 is 27.9. The number of halogens is 5. The summed E-state index contributed by atoms with van der Waals surface area (Å²) in [6.45, 7) is -2.93. The molecular formula is C8H5Cl3F2O. The van der Waals surface area contributed by atoms with Crippen LogP contribution in [0.2, 0.25) is 10.0 Å². The van der Waals surface area contributed by atoms with Crippen LogP contribution in [0, 0.1) is 0 Å². The van der Waals surface area contributed by atoms with E-state index >= 15 is 0 Å². The number of hydrogen-bond donors (Lipinski definition) is 0. The molecule has 0 aliphatic carbocycles. The minimum atomic E-state index is -2.93. The number of benzene rings is 1. The molecule has 14 heavy (non-hydrogen) atoms. The van der Waals surface area contributed by atoms with Gasteiger partial charge < -0.3 is 4.74 Å². The molecule has 0 spiro atoms. The molecule has 0 heterocycles. The van der Waals surface area contributed by atoms with Gasteiger partial charge in [-0.15, -0.1) is 11.6 Å². The fourth-order valence-electron chi connectivity index (χ4n) is 0.858. The Balaban J connectivity index is 3.02. The minimum Gasteiger partial charge on any atom is -0.433 e. The summed E-state index contributed by atoms with van der Waals surface area (Å²) in [5.74, 6) is 0.00795. The van der Waals surface area contributed by atoms with Gasteiger partial charge in [0.15, 0.2) is 0 Å². The summed E-state index contributed by atoms with van der Waals surface area (Å²) in [6, 6.07) is 2.61. The standard InChI is InChI=1S/C8H5Cl3F2O/c9-3-4-1-6(11)7(2-5(4)10)14-8(12)13/h1-2,8H,3H2. The highest BCUT2D eigenvalue weighted by molar-refractivity contribution is 6.35. The molecule has 0 saturated carbocycles. The highest BCUT2D eigenvalue weighted by Gasteiger charge is 2.11. The van der Waals surface area contributed by atoms with Gasteiger partial charge in [-0.25, -0.2) is 0 Å². The molecule has 1 rings (SSSR count). The number of rotatable bonds is 3. The third kappa shape index (κ3) is 2.87. The molecule has 0 fully saturated rings. The maximum absolute atomic E-state index is 11.9. The molecule has 0 saturated heterocycles. The molecule has 0 aliphatic heterocycles. The molecule has 0 bridgehead atoms. The largest absolute Gasteiger partial charge is 0.433 e. The average molecular weight is 261 g/mol. The molecular weight excluding hydrogens is 256 g/mol. The van der Waals surface area contributed by atoms with E-state index in [2.05, 4.69) is 4.74 Å². The smallest absolute Gasteiger partial charge is 0.387 e. The van der Waals surface area contributed by atoms with Crippen molar-refractivity contribution >= 4 is 34.8 Å². The Kier molecular flexibility index (Phi) is 4.23. The van der Waals surface area contributed by atoms with Crippen LogP contribution in [0.4, 0.5) is 8.78 Å². The molecule has 0 aromatic heterocycles. The van der Waals surface area contributed by atoms with Gasteiger partial charge in [0.2, 0.25) is 0 Å². The zero-order valence-corrected chi connectivity index (χ0v) is 9.01. The predicted molar refractivity (Wildman–Crippen MR) is 52.7 cm³/mol. The first-order chi connectivity index (χ1) is 6.54. The Morgan fingerprint density at radius 1 is 1.21 bits per heavy atom. The molecule has 0 aliphatic rings. The van der Waals surface area contributed by atoms with Gasteiger partial charge in [-0.3, -0.25) is 0 Å². The lowest BCUT2D eigenvalue weighted by molar-refractivity contribution is -0.0497. The number of hydrogen-bond acceptors (Lipinski definition) is 1. The number of alkyl halides is 3. The van der Waals surface area contributed by atoms with Crippen LogP contribution in [0.1, 0.15) is 5.56 Å². The van der Waals surface area contributed by atoms with Crippen LogP contribution in [0.5, 0.6) is 5.75 Å². The van der Waals surface area contributed by atoms with Crippen molar-refractivity contribution < 1.29 is 13.5 Å². The van der Waals surface area contributed by atoms with Crippen LogP contribution >= 0.6 is 34.8 Å². The lowest BCUT2D eigenvalue weighted by Crippen LogP contribution is -2.02. The quantitative estimate of drug-likeness (QED) is 0.736. The fourth-order valence-corrected chi connectivity index (χ4v) is 1.60. The van der Waals surface area contributed by atoms with Gasteiger partial charge in [0.05, 0.1) is 5.02 Å². The Labute approximate surface area is 94.5 Å². The molecule has 1 nitrogen and oxygen atoms in total. The van der Waals surface area contributed by atoms with Gasteiger partial charge in [0.1, 0.15) is 5.75 Å². The zero-order chi connectivity index (χ0) is 10.7. The fraction of sp³-hybridized carbons (Fsp3) is 0.250. The lowest BCUT2D eigenvalue weighted by atomic mass is 10.2. The SMILES string of the molecule is FC(F)Oc1cc(Cl)c(CCl)cc1Cl. The maximum Gasteiger partial charge on any atom is 0.387 e. The topological polar surface area (TPSA) is 9.23 Å². The van der Waals surface area contributed by atoms with Crippen molar-refractivity contribution in [1.29, 1.82) is 0 Å². The van der Waals surface area contributed by atoms with E-state index in [0.29, 0.717) is 5.56 Å². The van der Waals surface area contributed by atoms with Crippen molar-refractivity contribution in [3.63, 3.8) is 0 Å². The predicted octanol–water partition coefficient (Wildman–Crippen LogP) is 4.33. The van der Waals surface area contributed by atoms with Crippen LogP contribution in [-0.4, -0.2) is 6.61 Å². The summed E-state index contributed by atoms with van der Waals surface area (Å²) in [7, 11) is 0. The third-order valence-corrected chi connectivity index (χ3v) is 2.40. The zero-order valence-electron chi connectivity index (χ0n) is 6.74. The summed E-state index contributed by atoms with van der Waals surface area (Å²) >= 11 is 16.9. The van der Waals surface area contributed by atoms with E-state index in [9.17, 15) is 8.78 Å². The van der Waals surface area contributed by atoms with E-state index < -0.39 is 6.61 Å². The van der Waals surface area contributed by atoms with E-state index in [1.165, 1.54) is 12.1 Å². The van der Waals surface area contributed by atoms with Gasteiger partial charge in [0.25, 0.3) is 0 Å². The minimum absolute atomic E-state index is 0.0605. The van der Waals surface area contributed by atoms with Gasteiger partial charge in [-0.1, -0.05) is 23.2 Å². The van der Waals surface area contributed by atoms with E-state index in [-0.39, 0.29) is 21.7 Å². The molecule has 0 amide bonds. The molecule has 78 valence electrons. The van der Waals surface area contributed by atoms with Gasteiger partial charge in [-0.05, 0) is 11.6 Å². The second kappa shape index (κ2) is 5.01. The molecule has 0 atom stereocenters. The van der Waals surface area contributed by atoms with Crippen molar-refractivity contribution in [2.24, 2.45) is 0 Å². The highest BCUT2D eigenvalue weighted by atomic mass is 35.5. The van der Waals surface area contributed by atoms with Crippen LogP contribution < -0.4 is 4.74 Å². The van der Waals surface area contributed by atoms with Crippen LogP contribution in [0.3, 0.4) is 0 Å². The Bertz CT molecular complexity index is 331. The van der Waals surface area contributed by atoms with E-state index in [4.69, 9.17) is 34.8 Å². The second-order valence-electron chi connectivity index (χ2n) is 2.39. The Hall–Kier alpha value is -0.250. The van der Waals surface area contributed by atoms with Crippen molar-refractivity contribution in [2.45, 2.75) is 12.5 Å². The van der Waals surface area contributed by atoms with Crippen LogP contribution in [0.25, 0.3) is 0 Å². The monoisotopic (exact) mass is 260 g/mol. The molecule has 1 aromatic rings. The van der Waals surface area contributed by atoms with E-state index in [1.807, 2.05) is 0 Å². The molecule has 0 unspecified atom stereocenters. The second-order valence-corrected chi connectivity index (χ2v) is 3.47. The average Bonchev–Trinajstić information content (AvgIpc) is 2.10. The van der Waals surface area contributed by atoms with Crippen molar-refractivity contribution in [1.82, 2.24) is 0 Å². The Morgan fingerprint density at radius 3 is 2.36 bits per heavy atom.